The van der Waals surface area contributed by atoms with Gasteiger partial charge >= 0.3 is 0 Å². The van der Waals surface area contributed by atoms with Crippen LogP contribution in [-0.2, 0) is 4.74 Å². The highest BCUT2D eigenvalue weighted by Crippen LogP contribution is 2.32. The maximum atomic E-state index is 6.08. The van der Waals surface area contributed by atoms with E-state index in [0.29, 0.717) is 12.1 Å². The first kappa shape index (κ1) is 10.4. The van der Waals surface area contributed by atoms with E-state index in [1.165, 1.54) is 32.1 Å². The summed E-state index contributed by atoms with van der Waals surface area (Å²) in [5.41, 5.74) is 6.08. The molecule has 0 saturated heterocycles. The van der Waals surface area contributed by atoms with Gasteiger partial charge in [-0.2, -0.15) is 0 Å². The first-order valence-corrected chi connectivity index (χ1v) is 6.16. The molecule has 2 heteroatoms. The van der Waals surface area contributed by atoms with E-state index in [4.69, 9.17) is 10.5 Å². The van der Waals surface area contributed by atoms with Crippen LogP contribution in [0.5, 0.6) is 0 Å². The van der Waals surface area contributed by atoms with Crippen LogP contribution >= 0.6 is 0 Å². The van der Waals surface area contributed by atoms with Gasteiger partial charge in [0.1, 0.15) is 0 Å². The van der Waals surface area contributed by atoms with E-state index >= 15 is 0 Å². The second-order valence-electron chi connectivity index (χ2n) is 5.07. The maximum Gasteiger partial charge on any atom is 0.0728 e. The van der Waals surface area contributed by atoms with Crippen molar-refractivity contribution < 1.29 is 4.74 Å². The Bertz CT molecular complexity index is 179. The molecule has 0 heterocycles. The van der Waals surface area contributed by atoms with Crippen LogP contribution < -0.4 is 5.73 Å². The molecular formula is C12H23NO. The Kier molecular flexibility index (Phi) is 3.45. The van der Waals surface area contributed by atoms with Crippen LogP contribution in [0.1, 0.15) is 45.4 Å². The lowest BCUT2D eigenvalue weighted by atomic mass is 9.83. The number of ether oxygens (including phenoxy) is 1. The summed E-state index contributed by atoms with van der Waals surface area (Å²) in [5.74, 6) is 1.73. The molecular weight excluding hydrogens is 174 g/mol. The molecule has 14 heavy (non-hydrogen) atoms. The molecule has 2 N–H and O–H groups in total. The fourth-order valence-electron chi connectivity index (χ4n) is 2.34. The molecule has 3 unspecified atom stereocenters. The van der Waals surface area contributed by atoms with Crippen molar-refractivity contribution in [2.24, 2.45) is 17.6 Å². The van der Waals surface area contributed by atoms with E-state index in [1.807, 2.05) is 0 Å². The SMILES string of the molecule is CCC1CCC(N)C(OCC2CC2)C1. The Hall–Kier alpha value is -0.0800. The van der Waals surface area contributed by atoms with Gasteiger partial charge in [0.15, 0.2) is 0 Å². The molecule has 0 spiro atoms. The summed E-state index contributed by atoms with van der Waals surface area (Å²) in [4.78, 5) is 0. The first-order chi connectivity index (χ1) is 6.79. The standard InChI is InChI=1S/C12H23NO/c1-2-9-5-6-11(13)12(7-9)14-8-10-3-4-10/h9-12H,2-8,13H2,1H3. The summed E-state index contributed by atoms with van der Waals surface area (Å²) in [6, 6.07) is 0.302. The fraction of sp³-hybridized carbons (Fsp3) is 1.00. The van der Waals surface area contributed by atoms with Crippen molar-refractivity contribution in [3.05, 3.63) is 0 Å². The predicted molar refractivity (Wildman–Crippen MR) is 58.1 cm³/mol. The molecule has 2 saturated carbocycles. The van der Waals surface area contributed by atoms with Gasteiger partial charge in [0, 0.05) is 12.6 Å². The van der Waals surface area contributed by atoms with Crippen LogP contribution in [-0.4, -0.2) is 18.8 Å². The second-order valence-corrected chi connectivity index (χ2v) is 5.07. The van der Waals surface area contributed by atoms with Crippen molar-refractivity contribution in [2.75, 3.05) is 6.61 Å². The molecule has 2 nitrogen and oxygen atoms in total. The fourth-order valence-corrected chi connectivity index (χ4v) is 2.34. The Morgan fingerprint density at radius 2 is 1.86 bits per heavy atom. The van der Waals surface area contributed by atoms with Gasteiger partial charge in [-0.1, -0.05) is 13.3 Å². The van der Waals surface area contributed by atoms with Crippen molar-refractivity contribution in [2.45, 2.75) is 57.6 Å². The van der Waals surface area contributed by atoms with Crippen LogP contribution in [0.25, 0.3) is 0 Å². The highest BCUT2D eigenvalue weighted by Gasteiger charge is 2.30. The predicted octanol–water partition coefficient (Wildman–Crippen LogP) is 2.32. The van der Waals surface area contributed by atoms with Crippen molar-refractivity contribution in [3.63, 3.8) is 0 Å². The molecule has 2 aliphatic rings. The van der Waals surface area contributed by atoms with Crippen molar-refractivity contribution >= 4 is 0 Å². The molecule has 0 radical (unpaired) electrons. The van der Waals surface area contributed by atoms with Crippen LogP contribution in [0.4, 0.5) is 0 Å². The minimum Gasteiger partial charge on any atom is -0.376 e. The zero-order chi connectivity index (χ0) is 9.97. The third-order valence-corrected chi connectivity index (χ3v) is 3.77. The van der Waals surface area contributed by atoms with Crippen LogP contribution in [0, 0.1) is 11.8 Å². The third-order valence-electron chi connectivity index (χ3n) is 3.77. The second kappa shape index (κ2) is 4.63. The molecule has 0 aliphatic heterocycles. The first-order valence-electron chi connectivity index (χ1n) is 6.16. The molecule has 0 amide bonds. The Morgan fingerprint density at radius 3 is 2.50 bits per heavy atom. The highest BCUT2D eigenvalue weighted by atomic mass is 16.5. The zero-order valence-electron chi connectivity index (χ0n) is 9.24. The lowest BCUT2D eigenvalue weighted by molar-refractivity contribution is -0.00585. The van der Waals surface area contributed by atoms with E-state index in [9.17, 15) is 0 Å². The molecule has 0 aromatic carbocycles. The van der Waals surface area contributed by atoms with Crippen LogP contribution in [0.3, 0.4) is 0 Å². The average molecular weight is 197 g/mol. The molecule has 2 rings (SSSR count). The van der Waals surface area contributed by atoms with Gasteiger partial charge in [-0.25, -0.2) is 0 Å². The molecule has 2 aliphatic carbocycles. The van der Waals surface area contributed by atoms with Gasteiger partial charge in [0.05, 0.1) is 6.10 Å². The largest absolute Gasteiger partial charge is 0.376 e. The van der Waals surface area contributed by atoms with Crippen molar-refractivity contribution in [1.82, 2.24) is 0 Å². The molecule has 3 atom stereocenters. The van der Waals surface area contributed by atoms with Gasteiger partial charge < -0.3 is 10.5 Å². The summed E-state index contributed by atoms with van der Waals surface area (Å²) in [6.07, 6.45) is 8.06. The van der Waals surface area contributed by atoms with E-state index < -0.39 is 0 Å². The molecule has 0 aromatic heterocycles. The Labute approximate surface area is 87.2 Å². The lowest BCUT2D eigenvalue weighted by Gasteiger charge is -2.33. The molecule has 2 fully saturated rings. The van der Waals surface area contributed by atoms with Gasteiger partial charge in [-0.05, 0) is 43.9 Å². The lowest BCUT2D eigenvalue weighted by Crippen LogP contribution is -2.42. The van der Waals surface area contributed by atoms with E-state index in [0.717, 1.165) is 24.9 Å². The van der Waals surface area contributed by atoms with Gasteiger partial charge in [-0.3, -0.25) is 0 Å². The topological polar surface area (TPSA) is 35.2 Å². The smallest absolute Gasteiger partial charge is 0.0728 e. The Morgan fingerprint density at radius 1 is 1.14 bits per heavy atom. The van der Waals surface area contributed by atoms with Gasteiger partial charge in [0.2, 0.25) is 0 Å². The zero-order valence-corrected chi connectivity index (χ0v) is 9.24. The van der Waals surface area contributed by atoms with E-state index in [-0.39, 0.29) is 0 Å². The minimum absolute atomic E-state index is 0.302. The van der Waals surface area contributed by atoms with Gasteiger partial charge in [0.25, 0.3) is 0 Å². The summed E-state index contributed by atoms with van der Waals surface area (Å²) in [6.45, 7) is 3.24. The van der Waals surface area contributed by atoms with Gasteiger partial charge in [-0.15, -0.1) is 0 Å². The normalized spacial score (nSPS) is 38.6. The minimum atomic E-state index is 0.302. The number of rotatable bonds is 4. The monoisotopic (exact) mass is 197 g/mol. The molecule has 0 bridgehead atoms. The van der Waals surface area contributed by atoms with Crippen LogP contribution in [0.15, 0.2) is 0 Å². The molecule has 0 aromatic rings. The maximum absolute atomic E-state index is 6.08. The van der Waals surface area contributed by atoms with Crippen molar-refractivity contribution in [3.8, 4) is 0 Å². The summed E-state index contributed by atoms with van der Waals surface area (Å²) in [5, 5.41) is 0. The Balaban J connectivity index is 1.74. The summed E-state index contributed by atoms with van der Waals surface area (Å²) >= 11 is 0. The number of hydrogen-bond acceptors (Lipinski definition) is 2. The van der Waals surface area contributed by atoms with E-state index in [2.05, 4.69) is 6.92 Å². The number of hydrogen-bond donors (Lipinski definition) is 1. The highest BCUT2D eigenvalue weighted by molar-refractivity contribution is 4.84. The summed E-state index contributed by atoms with van der Waals surface area (Å²) in [7, 11) is 0. The molecule has 82 valence electrons. The number of nitrogens with two attached hydrogens (primary N) is 1. The average Bonchev–Trinajstić information content (AvgIpc) is 3.00. The van der Waals surface area contributed by atoms with Crippen LogP contribution in [0.2, 0.25) is 0 Å². The third kappa shape index (κ3) is 2.71. The van der Waals surface area contributed by atoms with E-state index in [1.54, 1.807) is 0 Å². The van der Waals surface area contributed by atoms with Crippen molar-refractivity contribution in [1.29, 1.82) is 0 Å². The summed E-state index contributed by atoms with van der Waals surface area (Å²) < 4.78 is 5.93. The quantitative estimate of drug-likeness (QED) is 0.750.